The van der Waals surface area contributed by atoms with Gasteiger partial charge >= 0.3 is 0 Å². The van der Waals surface area contributed by atoms with Gasteiger partial charge in [0.15, 0.2) is 0 Å². The third kappa shape index (κ3) is 2.93. The fourth-order valence-corrected chi connectivity index (χ4v) is 3.56. The number of benzene rings is 1. The zero-order valence-electron chi connectivity index (χ0n) is 13.2. The Bertz CT molecular complexity index is 607. The first-order chi connectivity index (χ1) is 10.2. The number of phenolic OH excluding ortho intramolecular Hbond substituents is 1. The minimum Gasteiger partial charge on any atom is -0.506 e. The predicted molar refractivity (Wildman–Crippen MR) is 87.7 cm³/mol. The van der Waals surface area contributed by atoms with Crippen LogP contribution in [0.1, 0.15) is 51.3 Å². The third-order valence-electron chi connectivity index (χ3n) is 4.52. The maximum absolute atomic E-state index is 10.2. The van der Waals surface area contributed by atoms with E-state index in [0.717, 1.165) is 17.4 Å². The fourth-order valence-electron chi connectivity index (χ4n) is 3.56. The van der Waals surface area contributed by atoms with Crippen molar-refractivity contribution in [1.82, 2.24) is 9.47 Å². The van der Waals surface area contributed by atoms with Gasteiger partial charge in [-0.25, -0.2) is 0 Å². The van der Waals surface area contributed by atoms with Gasteiger partial charge in [-0.1, -0.05) is 25.0 Å². The van der Waals surface area contributed by atoms with E-state index < -0.39 is 0 Å². The molecule has 2 aromatic rings. The molecule has 21 heavy (non-hydrogen) atoms. The molecule has 1 aromatic heterocycles. The van der Waals surface area contributed by atoms with Crippen LogP contribution in [0.3, 0.4) is 0 Å². The number of para-hydroxylation sites is 1. The van der Waals surface area contributed by atoms with Gasteiger partial charge in [-0.05, 0) is 51.9 Å². The fraction of sp³-hybridized carbons (Fsp3) is 0.556. The van der Waals surface area contributed by atoms with Gasteiger partial charge in [0, 0.05) is 23.7 Å². The largest absolute Gasteiger partial charge is 0.506 e. The molecule has 1 N–H and O–H groups in total. The zero-order chi connectivity index (χ0) is 14.8. The maximum atomic E-state index is 10.2. The summed E-state index contributed by atoms with van der Waals surface area (Å²) in [5, 5.41) is 11.4. The summed E-state index contributed by atoms with van der Waals surface area (Å²) in [5.74, 6) is 0.392. The summed E-state index contributed by atoms with van der Waals surface area (Å²) in [7, 11) is 0. The van der Waals surface area contributed by atoms with Gasteiger partial charge in [-0.15, -0.1) is 0 Å². The van der Waals surface area contributed by atoms with Crippen LogP contribution in [0.2, 0.25) is 0 Å². The molecule has 0 saturated carbocycles. The Kier molecular flexibility index (Phi) is 4.20. The van der Waals surface area contributed by atoms with Crippen molar-refractivity contribution in [3.05, 3.63) is 30.0 Å². The van der Waals surface area contributed by atoms with Crippen molar-refractivity contribution in [3.63, 3.8) is 0 Å². The summed E-state index contributed by atoms with van der Waals surface area (Å²) in [6.07, 6.45) is 5.36. The van der Waals surface area contributed by atoms with E-state index in [9.17, 15) is 5.11 Å². The highest BCUT2D eigenvalue weighted by Crippen LogP contribution is 2.31. The molecule has 0 radical (unpaired) electrons. The molecule has 1 fully saturated rings. The van der Waals surface area contributed by atoms with Crippen LogP contribution in [-0.4, -0.2) is 27.7 Å². The molecular formula is C18H26N2O. The van der Waals surface area contributed by atoms with Gasteiger partial charge in [0.05, 0.1) is 5.52 Å². The first kappa shape index (κ1) is 14.5. The van der Waals surface area contributed by atoms with E-state index in [-0.39, 0.29) is 0 Å². The van der Waals surface area contributed by atoms with Gasteiger partial charge < -0.3 is 9.67 Å². The molecule has 3 rings (SSSR count). The quantitative estimate of drug-likeness (QED) is 0.911. The molecular weight excluding hydrogens is 260 g/mol. The van der Waals surface area contributed by atoms with E-state index in [1.165, 1.54) is 44.5 Å². The lowest BCUT2D eigenvalue weighted by atomic mass is 10.2. The highest BCUT2D eigenvalue weighted by atomic mass is 16.3. The molecule has 114 valence electrons. The van der Waals surface area contributed by atoms with Crippen molar-refractivity contribution in [2.75, 3.05) is 13.1 Å². The molecule has 1 saturated heterocycles. The molecule has 1 aliphatic heterocycles. The van der Waals surface area contributed by atoms with E-state index in [4.69, 9.17) is 0 Å². The minimum absolute atomic E-state index is 0.359. The Labute approximate surface area is 127 Å². The molecule has 0 bridgehead atoms. The summed E-state index contributed by atoms with van der Waals surface area (Å²) in [6.45, 7) is 7.78. The molecule has 1 aliphatic rings. The van der Waals surface area contributed by atoms with Gasteiger partial charge in [0.1, 0.15) is 5.75 Å². The average Bonchev–Trinajstić information content (AvgIpc) is 2.63. The summed E-state index contributed by atoms with van der Waals surface area (Å²) in [6, 6.07) is 8.42. The first-order valence-corrected chi connectivity index (χ1v) is 8.21. The predicted octanol–water partition coefficient (Wildman–Crippen LogP) is 4.30. The SMILES string of the molecule is CC(C)n1c(CN2CCCCCC2)cc2cccc(O)c21. The van der Waals surface area contributed by atoms with Gasteiger partial charge in [0.2, 0.25) is 0 Å². The standard InChI is InChI=1S/C18H26N2O/c1-14(2)20-16(13-19-10-5-3-4-6-11-19)12-15-8-7-9-17(21)18(15)20/h7-9,12,14,21H,3-6,10-11,13H2,1-2H3. The second kappa shape index (κ2) is 6.10. The monoisotopic (exact) mass is 286 g/mol. The number of fused-ring (bicyclic) bond motifs is 1. The van der Waals surface area contributed by atoms with E-state index >= 15 is 0 Å². The lowest BCUT2D eigenvalue weighted by Crippen LogP contribution is -2.25. The molecule has 0 atom stereocenters. The first-order valence-electron chi connectivity index (χ1n) is 8.21. The topological polar surface area (TPSA) is 28.4 Å². The maximum Gasteiger partial charge on any atom is 0.139 e. The smallest absolute Gasteiger partial charge is 0.139 e. The Morgan fingerprint density at radius 1 is 1.10 bits per heavy atom. The molecule has 2 heterocycles. The second-order valence-corrected chi connectivity index (χ2v) is 6.50. The van der Waals surface area contributed by atoms with Crippen molar-refractivity contribution in [1.29, 1.82) is 0 Å². The van der Waals surface area contributed by atoms with Crippen LogP contribution in [0.5, 0.6) is 5.75 Å². The minimum atomic E-state index is 0.359. The summed E-state index contributed by atoms with van der Waals surface area (Å²) >= 11 is 0. The molecule has 0 aliphatic carbocycles. The Balaban J connectivity index is 1.97. The highest BCUT2D eigenvalue weighted by molar-refractivity contribution is 5.86. The number of rotatable bonds is 3. The molecule has 0 amide bonds. The van der Waals surface area contributed by atoms with Crippen LogP contribution in [0.4, 0.5) is 0 Å². The normalized spacial score (nSPS) is 17.5. The van der Waals surface area contributed by atoms with E-state index in [1.807, 2.05) is 6.07 Å². The van der Waals surface area contributed by atoms with E-state index in [0.29, 0.717) is 11.8 Å². The summed E-state index contributed by atoms with van der Waals surface area (Å²) in [5.41, 5.74) is 2.31. The van der Waals surface area contributed by atoms with Gasteiger partial charge in [0.25, 0.3) is 0 Å². The van der Waals surface area contributed by atoms with E-state index in [2.05, 4.69) is 35.4 Å². The Morgan fingerprint density at radius 2 is 1.81 bits per heavy atom. The van der Waals surface area contributed by atoms with Crippen molar-refractivity contribution < 1.29 is 5.11 Å². The number of aromatic nitrogens is 1. The third-order valence-corrected chi connectivity index (χ3v) is 4.52. The highest BCUT2D eigenvalue weighted by Gasteiger charge is 2.17. The van der Waals surface area contributed by atoms with Gasteiger partial charge in [-0.3, -0.25) is 4.90 Å². The lowest BCUT2D eigenvalue weighted by molar-refractivity contribution is 0.268. The number of nitrogens with zero attached hydrogens (tertiary/aromatic N) is 2. The van der Waals surface area contributed by atoms with Crippen LogP contribution >= 0.6 is 0 Å². The molecule has 3 nitrogen and oxygen atoms in total. The molecule has 0 unspecified atom stereocenters. The second-order valence-electron chi connectivity index (χ2n) is 6.50. The van der Waals surface area contributed by atoms with Crippen LogP contribution in [0.15, 0.2) is 24.3 Å². The van der Waals surface area contributed by atoms with Crippen molar-refractivity contribution in [2.45, 2.75) is 52.1 Å². The summed E-state index contributed by atoms with van der Waals surface area (Å²) in [4.78, 5) is 2.57. The molecule has 1 aromatic carbocycles. The number of likely N-dealkylation sites (tertiary alicyclic amines) is 1. The molecule has 0 spiro atoms. The lowest BCUT2D eigenvalue weighted by Gasteiger charge is -2.22. The summed E-state index contributed by atoms with van der Waals surface area (Å²) < 4.78 is 2.30. The van der Waals surface area contributed by atoms with Crippen LogP contribution in [0.25, 0.3) is 10.9 Å². The molecule has 3 heteroatoms. The van der Waals surface area contributed by atoms with Crippen molar-refractivity contribution in [3.8, 4) is 5.75 Å². The Hall–Kier alpha value is -1.48. The number of hydrogen-bond donors (Lipinski definition) is 1. The number of hydrogen-bond acceptors (Lipinski definition) is 2. The zero-order valence-corrected chi connectivity index (χ0v) is 13.2. The number of aromatic hydroxyl groups is 1. The van der Waals surface area contributed by atoms with Crippen molar-refractivity contribution >= 4 is 10.9 Å². The van der Waals surface area contributed by atoms with Crippen molar-refractivity contribution in [2.24, 2.45) is 0 Å². The van der Waals surface area contributed by atoms with Crippen LogP contribution in [-0.2, 0) is 6.54 Å². The van der Waals surface area contributed by atoms with E-state index in [1.54, 1.807) is 6.07 Å². The van der Waals surface area contributed by atoms with Gasteiger partial charge in [-0.2, -0.15) is 0 Å². The van der Waals surface area contributed by atoms with Crippen LogP contribution < -0.4 is 0 Å². The average molecular weight is 286 g/mol. The number of phenols is 1. The Morgan fingerprint density at radius 3 is 2.48 bits per heavy atom. The van der Waals surface area contributed by atoms with Crippen LogP contribution in [0, 0.1) is 0 Å².